The first kappa shape index (κ1) is 26.3. The molecule has 162 valence electrons. The molecule has 4 N–H and O–H groups in total. The van der Waals surface area contributed by atoms with Gasteiger partial charge in [-0.15, -0.1) is 0 Å². The molecule has 0 saturated carbocycles. The summed E-state index contributed by atoms with van der Waals surface area (Å²) < 4.78 is 32.4. The zero-order valence-electron chi connectivity index (χ0n) is 16.1. The van der Waals surface area contributed by atoms with E-state index in [0.717, 1.165) is 51.4 Å². The van der Waals surface area contributed by atoms with E-state index in [4.69, 9.17) is 10.4 Å². The van der Waals surface area contributed by atoms with Crippen LogP contribution in [-0.4, -0.2) is 52.4 Å². The summed E-state index contributed by atoms with van der Waals surface area (Å²) in [5, 5.41) is 25.4. The lowest BCUT2D eigenvalue weighted by Gasteiger charge is -2.14. The Morgan fingerprint density at radius 3 is 1.59 bits per heavy atom. The molecule has 9 heteroatoms. The molecule has 0 bridgehead atoms. The Hall–Kier alpha value is -0.740. The molecule has 0 amide bonds. The monoisotopic (exact) mass is 412 g/mol. The van der Waals surface area contributed by atoms with E-state index in [-0.39, 0.29) is 13.0 Å². The molecule has 0 aliphatic carbocycles. The second kappa shape index (κ2) is 16.2. The van der Waals surface area contributed by atoms with Crippen molar-refractivity contribution in [2.24, 2.45) is 0 Å². The molecule has 0 saturated heterocycles. The van der Waals surface area contributed by atoms with E-state index in [2.05, 4.69) is 4.89 Å². The fraction of sp³-hybridized carbons (Fsp3) is 0.944. The van der Waals surface area contributed by atoms with Gasteiger partial charge in [-0.05, 0) is 25.7 Å². The minimum absolute atomic E-state index is 0.180. The summed E-state index contributed by atoms with van der Waals surface area (Å²) >= 11 is 0. The molecule has 0 heterocycles. The van der Waals surface area contributed by atoms with Crippen LogP contribution in [0.25, 0.3) is 0 Å². The van der Waals surface area contributed by atoms with Gasteiger partial charge in [-0.2, -0.15) is 13.7 Å². The van der Waals surface area contributed by atoms with Gasteiger partial charge in [0, 0.05) is 6.61 Å². The third-order valence-corrected chi connectivity index (χ3v) is 6.04. The summed E-state index contributed by atoms with van der Waals surface area (Å²) in [6, 6.07) is 0. The molecule has 0 aromatic rings. The van der Waals surface area contributed by atoms with Crippen molar-refractivity contribution >= 4 is 16.1 Å². The Labute approximate surface area is 162 Å². The van der Waals surface area contributed by atoms with Gasteiger partial charge in [0.25, 0.3) is 10.1 Å². The van der Waals surface area contributed by atoms with Gasteiger partial charge in [-0.1, -0.05) is 64.2 Å². The lowest BCUT2D eigenvalue weighted by atomic mass is 10.0. The summed E-state index contributed by atoms with van der Waals surface area (Å²) in [5.41, 5.74) is 0. The maximum atomic E-state index is 11.5. The van der Waals surface area contributed by atoms with E-state index in [1.807, 2.05) is 0 Å². The molecule has 0 rings (SSSR count). The molecule has 27 heavy (non-hydrogen) atoms. The van der Waals surface area contributed by atoms with Crippen molar-refractivity contribution in [3.8, 4) is 0 Å². The predicted molar refractivity (Wildman–Crippen MR) is 102 cm³/mol. The van der Waals surface area contributed by atoms with Crippen molar-refractivity contribution in [2.45, 2.75) is 101 Å². The van der Waals surface area contributed by atoms with Crippen LogP contribution in [0.1, 0.15) is 89.9 Å². The van der Waals surface area contributed by atoms with Gasteiger partial charge < -0.3 is 10.2 Å². The number of rotatable bonds is 18. The number of carbonyl (C=O) groups excluding carboxylic acids is 1. The fourth-order valence-corrected chi connectivity index (χ4v) is 3.98. The van der Waals surface area contributed by atoms with Gasteiger partial charge >= 0.3 is 5.97 Å². The van der Waals surface area contributed by atoms with E-state index >= 15 is 0 Å². The van der Waals surface area contributed by atoms with Crippen LogP contribution >= 0.6 is 0 Å². The maximum Gasteiger partial charge on any atom is 0.370 e. The van der Waals surface area contributed by atoms with Crippen LogP contribution in [0.2, 0.25) is 0 Å². The Kier molecular flexibility index (Phi) is 15.8. The van der Waals surface area contributed by atoms with Crippen LogP contribution in [0.15, 0.2) is 0 Å². The number of hydrogen-bond donors (Lipinski definition) is 4. The Morgan fingerprint density at radius 2 is 1.19 bits per heavy atom. The van der Waals surface area contributed by atoms with Gasteiger partial charge in [-0.25, -0.2) is 4.79 Å². The first-order chi connectivity index (χ1) is 12.8. The van der Waals surface area contributed by atoms with Crippen molar-refractivity contribution in [2.75, 3.05) is 6.61 Å². The summed E-state index contributed by atoms with van der Waals surface area (Å²) in [7, 11) is -4.05. The topological polar surface area (TPSA) is 141 Å². The third-order valence-electron chi connectivity index (χ3n) is 4.72. The smallest absolute Gasteiger partial charge is 0.370 e. The summed E-state index contributed by atoms with van der Waals surface area (Å²) in [6.45, 7) is 0.228. The highest BCUT2D eigenvalue weighted by Gasteiger charge is 2.22. The zero-order valence-corrected chi connectivity index (χ0v) is 16.9. The van der Waals surface area contributed by atoms with Crippen LogP contribution in [-0.2, 0) is 19.8 Å². The minimum Gasteiger partial charge on any atom is -0.396 e. The van der Waals surface area contributed by atoms with Gasteiger partial charge in [0.2, 0.25) is 0 Å². The standard InChI is InChI=1S/C18H36O8S/c19-15-11-7-3-1-2-4-8-12-16(27(23,24)25)13-9-5-6-10-14-17(20)18(21)26-22/h16-17,19-20,22H,1-15H2,(H,23,24,25). The van der Waals surface area contributed by atoms with Crippen molar-refractivity contribution in [3.63, 3.8) is 0 Å². The molecule has 0 fully saturated rings. The molecule has 0 aromatic carbocycles. The fourth-order valence-electron chi connectivity index (χ4n) is 3.05. The molecular weight excluding hydrogens is 376 g/mol. The summed E-state index contributed by atoms with van der Waals surface area (Å²) in [5.74, 6) is -1.07. The average molecular weight is 413 g/mol. The lowest BCUT2D eigenvalue weighted by Crippen LogP contribution is -2.21. The molecule has 8 nitrogen and oxygen atoms in total. The first-order valence-corrected chi connectivity index (χ1v) is 11.4. The number of hydrogen-bond acceptors (Lipinski definition) is 7. The SMILES string of the molecule is O=C(OO)C(O)CCCCCCC(CCCCCCCCCO)S(=O)(=O)O. The molecule has 0 spiro atoms. The number of aliphatic hydroxyl groups is 2. The minimum atomic E-state index is -4.05. The highest BCUT2D eigenvalue weighted by atomic mass is 32.2. The second-order valence-corrected chi connectivity index (χ2v) is 8.74. The van der Waals surface area contributed by atoms with Crippen LogP contribution in [0, 0.1) is 0 Å². The van der Waals surface area contributed by atoms with Gasteiger partial charge in [0.15, 0.2) is 6.10 Å². The molecule has 2 unspecified atom stereocenters. The maximum absolute atomic E-state index is 11.5. The largest absolute Gasteiger partial charge is 0.396 e. The van der Waals surface area contributed by atoms with Crippen LogP contribution in [0.5, 0.6) is 0 Å². The van der Waals surface area contributed by atoms with Crippen molar-refractivity contribution in [1.29, 1.82) is 0 Å². The van der Waals surface area contributed by atoms with Crippen LogP contribution < -0.4 is 0 Å². The Balaban J connectivity index is 3.85. The average Bonchev–Trinajstić information content (AvgIpc) is 2.62. The number of carbonyl (C=O) groups is 1. The predicted octanol–water partition coefficient (Wildman–Crippen LogP) is 3.07. The highest BCUT2D eigenvalue weighted by Crippen LogP contribution is 2.19. The van der Waals surface area contributed by atoms with E-state index in [9.17, 15) is 22.9 Å². The first-order valence-electron chi connectivity index (χ1n) is 9.93. The van der Waals surface area contributed by atoms with Gasteiger partial charge in [0.1, 0.15) is 0 Å². The second-order valence-electron chi connectivity index (χ2n) is 7.04. The Bertz CT molecular complexity index is 466. The van der Waals surface area contributed by atoms with E-state index in [0.29, 0.717) is 32.1 Å². The third kappa shape index (κ3) is 14.9. The zero-order chi connectivity index (χ0) is 20.5. The lowest BCUT2D eigenvalue weighted by molar-refractivity contribution is -0.242. The quantitative estimate of drug-likeness (QED) is 0.116. The van der Waals surface area contributed by atoms with Crippen LogP contribution in [0.4, 0.5) is 0 Å². The van der Waals surface area contributed by atoms with Crippen molar-refractivity contribution < 1.29 is 38.1 Å². The van der Waals surface area contributed by atoms with E-state index in [1.165, 1.54) is 0 Å². The molecule has 0 aromatic heterocycles. The van der Waals surface area contributed by atoms with Crippen LogP contribution in [0.3, 0.4) is 0 Å². The molecular formula is C18H36O8S. The van der Waals surface area contributed by atoms with E-state index in [1.54, 1.807) is 0 Å². The molecule has 0 aliphatic heterocycles. The summed E-state index contributed by atoms with van der Waals surface area (Å²) in [4.78, 5) is 14.3. The van der Waals surface area contributed by atoms with Crippen molar-refractivity contribution in [1.82, 2.24) is 0 Å². The van der Waals surface area contributed by atoms with Crippen molar-refractivity contribution in [3.05, 3.63) is 0 Å². The normalized spacial score (nSPS) is 14.1. The number of aliphatic hydroxyl groups excluding tert-OH is 2. The Morgan fingerprint density at radius 1 is 0.778 bits per heavy atom. The van der Waals surface area contributed by atoms with Gasteiger partial charge in [0.05, 0.1) is 5.25 Å². The number of unbranched alkanes of at least 4 members (excludes halogenated alkanes) is 9. The highest BCUT2D eigenvalue weighted by molar-refractivity contribution is 7.86. The van der Waals surface area contributed by atoms with Gasteiger partial charge in [-0.3, -0.25) is 9.44 Å². The molecule has 0 radical (unpaired) electrons. The van der Waals surface area contributed by atoms with E-state index < -0.39 is 27.4 Å². The molecule has 2 atom stereocenters. The summed E-state index contributed by atoms with van der Waals surface area (Å²) in [6.07, 6.45) is 9.06. The molecule has 0 aliphatic rings.